The number of rotatable bonds is 10. The molecule has 0 fully saturated rings. The molecule has 0 saturated heterocycles. The molecule has 0 saturated carbocycles. The van der Waals surface area contributed by atoms with E-state index < -0.39 is 0 Å². The van der Waals surface area contributed by atoms with E-state index in [0.29, 0.717) is 4.51 Å². The van der Waals surface area contributed by atoms with Gasteiger partial charge in [0.25, 0.3) is 0 Å². The average molecular weight is 311 g/mol. The lowest BCUT2D eigenvalue weighted by Crippen LogP contribution is -2.33. The summed E-state index contributed by atoms with van der Waals surface area (Å²) in [6.45, 7) is 13.0. The summed E-state index contributed by atoms with van der Waals surface area (Å²) in [7, 11) is 2.06. The van der Waals surface area contributed by atoms with Crippen LogP contribution >= 0.6 is 12.2 Å². The zero-order valence-corrected chi connectivity index (χ0v) is 15.1. The molecule has 0 amide bonds. The highest BCUT2D eigenvalue weighted by atomic mass is 32.1. The van der Waals surface area contributed by atoms with Crippen LogP contribution in [0.25, 0.3) is 0 Å². The maximum Gasteiger partial charge on any atom is 0.204 e. The van der Waals surface area contributed by atoms with Crippen LogP contribution in [0.2, 0.25) is 0 Å². The first-order valence-corrected chi connectivity index (χ1v) is 8.61. The Morgan fingerprint density at radius 1 is 1.05 bits per heavy atom. The van der Waals surface area contributed by atoms with Crippen molar-refractivity contribution in [1.82, 2.24) is 4.90 Å². The quantitative estimate of drug-likeness (QED) is 0.615. The molecular weight excluding hydrogens is 280 g/mol. The maximum atomic E-state index is 11.8. The molecule has 1 aromatic rings. The average Bonchev–Trinajstić information content (AvgIpc) is 2.43. The van der Waals surface area contributed by atoms with Crippen LogP contribution in [0.15, 0.2) is 4.79 Å². The second-order valence-electron chi connectivity index (χ2n) is 6.19. The van der Waals surface area contributed by atoms with Crippen molar-refractivity contribution < 1.29 is 0 Å². The Morgan fingerprint density at radius 2 is 1.62 bits per heavy atom. The molecule has 0 radical (unpaired) electrons. The van der Waals surface area contributed by atoms with Crippen LogP contribution < -0.4 is 10.3 Å². The van der Waals surface area contributed by atoms with Crippen molar-refractivity contribution in [2.75, 3.05) is 38.1 Å². The van der Waals surface area contributed by atoms with Gasteiger partial charge in [0.15, 0.2) is 0 Å². The van der Waals surface area contributed by atoms with E-state index in [1.54, 1.807) is 0 Å². The van der Waals surface area contributed by atoms with Crippen molar-refractivity contribution in [2.45, 2.75) is 52.9 Å². The van der Waals surface area contributed by atoms with Crippen molar-refractivity contribution in [1.29, 1.82) is 0 Å². The standard InChI is InChI=1S/C17H30N2OS/c1-6-9-19(10-7-2)12-8-11-18(5)15-14(13(3)4)16(20)17(15)21/h13H,6-12H2,1-5H3. The summed E-state index contributed by atoms with van der Waals surface area (Å²) in [5.74, 6) is 0.262. The number of nitrogens with zero attached hydrogens (tertiary/aromatic N) is 2. The molecule has 0 aliphatic carbocycles. The van der Waals surface area contributed by atoms with E-state index in [1.807, 2.05) is 0 Å². The molecule has 0 bridgehead atoms. The molecule has 0 aliphatic rings. The van der Waals surface area contributed by atoms with Gasteiger partial charge < -0.3 is 9.80 Å². The smallest absolute Gasteiger partial charge is 0.204 e. The van der Waals surface area contributed by atoms with E-state index in [9.17, 15) is 4.79 Å². The Hall–Kier alpha value is -0.740. The Morgan fingerprint density at radius 3 is 2.10 bits per heavy atom. The predicted molar refractivity (Wildman–Crippen MR) is 94.9 cm³/mol. The first kappa shape index (κ1) is 18.3. The fraction of sp³-hybridized carbons (Fsp3) is 0.765. The van der Waals surface area contributed by atoms with Crippen molar-refractivity contribution in [2.24, 2.45) is 0 Å². The van der Waals surface area contributed by atoms with E-state index in [0.717, 1.165) is 30.8 Å². The Bertz CT molecular complexity index is 497. The Balaban J connectivity index is 2.55. The van der Waals surface area contributed by atoms with Gasteiger partial charge in [0.1, 0.15) is 4.51 Å². The molecule has 3 nitrogen and oxygen atoms in total. The van der Waals surface area contributed by atoms with E-state index in [4.69, 9.17) is 12.2 Å². The molecule has 21 heavy (non-hydrogen) atoms. The largest absolute Gasteiger partial charge is 0.373 e. The molecule has 0 atom stereocenters. The lowest BCUT2D eigenvalue weighted by atomic mass is 9.96. The highest BCUT2D eigenvalue weighted by molar-refractivity contribution is 7.71. The molecule has 0 N–H and O–H groups in total. The molecule has 1 aromatic carbocycles. The third kappa shape index (κ3) is 4.62. The van der Waals surface area contributed by atoms with Gasteiger partial charge in [-0.25, -0.2) is 0 Å². The van der Waals surface area contributed by atoms with Gasteiger partial charge in [0.2, 0.25) is 5.43 Å². The number of hydrogen-bond acceptors (Lipinski definition) is 4. The highest BCUT2D eigenvalue weighted by Crippen LogP contribution is 2.28. The monoisotopic (exact) mass is 310 g/mol. The number of anilines is 1. The zero-order valence-electron chi connectivity index (χ0n) is 14.2. The van der Waals surface area contributed by atoms with Crippen molar-refractivity contribution in [3.63, 3.8) is 0 Å². The van der Waals surface area contributed by atoms with Crippen LogP contribution in [-0.2, 0) is 0 Å². The molecule has 0 spiro atoms. The maximum absolute atomic E-state index is 11.8. The molecule has 0 aliphatic heterocycles. The van der Waals surface area contributed by atoms with Crippen LogP contribution in [-0.4, -0.2) is 38.1 Å². The molecule has 1 rings (SSSR count). The third-order valence-electron chi connectivity index (χ3n) is 3.93. The fourth-order valence-electron chi connectivity index (χ4n) is 2.92. The molecule has 0 aromatic heterocycles. The summed E-state index contributed by atoms with van der Waals surface area (Å²) in [5, 5.41) is 0. The van der Waals surface area contributed by atoms with E-state index in [1.165, 1.54) is 25.9 Å². The van der Waals surface area contributed by atoms with Crippen LogP contribution in [0.3, 0.4) is 0 Å². The summed E-state index contributed by atoms with van der Waals surface area (Å²) >= 11 is 5.23. The van der Waals surface area contributed by atoms with E-state index in [2.05, 4.69) is 44.5 Å². The molecule has 0 heterocycles. The lowest BCUT2D eigenvalue weighted by molar-refractivity contribution is 0.272. The van der Waals surface area contributed by atoms with Gasteiger partial charge in [0, 0.05) is 19.2 Å². The summed E-state index contributed by atoms with van der Waals surface area (Å²) in [4.78, 5) is 16.5. The molecule has 4 heteroatoms. The van der Waals surface area contributed by atoms with Gasteiger partial charge in [-0.3, -0.25) is 4.79 Å². The van der Waals surface area contributed by atoms with Gasteiger partial charge in [-0.05, 0) is 44.8 Å². The van der Waals surface area contributed by atoms with Gasteiger partial charge >= 0.3 is 0 Å². The topological polar surface area (TPSA) is 23.6 Å². The fourth-order valence-corrected chi connectivity index (χ4v) is 3.30. The lowest BCUT2D eigenvalue weighted by Gasteiger charge is -2.27. The SMILES string of the molecule is CCCN(CCC)CCCN(C)c1c(C(C)C)c(=O)c1=S. The van der Waals surface area contributed by atoms with Crippen molar-refractivity contribution >= 4 is 17.9 Å². The minimum Gasteiger partial charge on any atom is -0.373 e. The van der Waals surface area contributed by atoms with Gasteiger partial charge in [-0.1, -0.05) is 39.9 Å². The zero-order chi connectivity index (χ0) is 16.0. The van der Waals surface area contributed by atoms with E-state index in [-0.39, 0.29) is 11.3 Å². The summed E-state index contributed by atoms with van der Waals surface area (Å²) < 4.78 is 0.528. The summed E-state index contributed by atoms with van der Waals surface area (Å²) in [5.41, 5.74) is 2.02. The predicted octanol–water partition coefficient (Wildman–Crippen LogP) is 3.72. The summed E-state index contributed by atoms with van der Waals surface area (Å²) in [6, 6.07) is 0. The first-order valence-electron chi connectivity index (χ1n) is 8.20. The molecule has 120 valence electrons. The van der Waals surface area contributed by atoms with Crippen molar-refractivity contribution in [3.8, 4) is 0 Å². The van der Waals surface area contributed by atoms with Crippen LogP contribution in [0.1, 0.15) is 58.4 Å². The second-order valence-corrected chi connectivity index (χ2v) is 6.60. The molecular formula is C17H30N2OS. The minimum atomic E-state index is 0.0837. The normalized spacial score (nSPS) is 11.8. The first-order chi connectivity index (χ1) is 9.93. The highest BCUT2D eigenvalue weighted by Gasteiger charge is 2.22. The van der Waals surface area contributed by atoms with Crippen LogP contribution in [0.4, 0.5) is 5.69 Å². The van der Waals surface area contributed by atoms with Crippen LogP contribution in [0, 0.1) is 4.51 Å². The van der Waals surface area contributed by atoms with Gasteiger partial charge in [-0.2, -0.15) is 0 Å². The Labute approximate surface area is 134 Å². The third-order valence-corrected chi connectivity index (χ3v) is 4.31. The van der Waals surface area contributed by atoms with Gasteiger partial charge in [-0.15, -0.1) is 0 Å². The summed E-state index contributed by atoms with van der Waals surface area (Å²) in [6.07, 6.45) is 3.52. The van der Waals surface area contributed by atoms with Gasteiger partial charge in [0.05, 0.1) is 5.69 Å². The van der Waals surface area contributed by atoms with E-state index >= 15 is 0 Å². The second kappa shape index (κ2) is 8.64. The number of hydrogen-bond donors (Lipinski definition) is 0. The Kier molecular flexibility index (Phi) is 7.53. The van der Waals surface area contributed by atoms with Crippen LogP contribution in [0.5, 0.6) is 0 Å². The molecule has 0 unspecified atom stereocenters. The minimum absolute atomic E-state index is 0.0837. The van der Waals surface area contributed by atoms with Crippen molar-refractivity contribution in [3.05, 3.63) is 20.3 Å².